The van der Waals surface area contributed by atoms with Crippen molar-refractivity contribution in [3.63, 3.8) is 0 Å². The molecule has 1 aliphatic carbocycles. The fraction of sp³-hybridized carbons (Fsp3) is 0.400. The van der Waals surface area contributed by atoms with Gasteiger partial charge >= 0.3 is 0 Å². The van der Waals surface area contributed by atoms with E-state index in [1.807, 2.05) is 7.05 Å². The van der Waals surface area contributed by atoms with Crippen molar-refractivity contribution in [1.29, 1.82) is 0 Å². The Kier molecular flexibility index (Phi) is 2.62. The Morgan fingerprint density at radius 3 is 2.83 bits per heavy atom. The largest absolute Gasteiger partial charge is 0.384 e. The van der Waals surface area contributed by atoms with Gasteiger partial charge in [0.15, 0.2) is 0 Å². The first-order chi connectivity index (χ1) is 8.73. The molecule has 1 atom stereocenters. The van der Waals surface area contributed by atoms with Crippen LogP contribution in [-0.2, 0) is 18.3 Å². The van der Waals surface area contributed by atoms with Crippen LogP contribution in [0.4, 0.5) is 5.69 Å². The van der Waals surface area contributed by atoms with E-state index >= 15 is 0 Å². The molecule has 3 nitrogen and oxygen atoms in total. The van der Waals surface area contributed by atoms with Gasteiger partial charge < -0.3 is 9.84 Å². The molecule has 0 saturated carbocycles. The molecule has 0 spiro atoms. The third-order valence-electron chi connectivity index (χ3n) is 4.06. The summed E-state index contributed by atoms with van der Waals surface area (Å²) in [5.74, 6) is 0. The fourth-order valence-corrected chi connectivity index (χ4v) is 2.94. The van der Waals surface area contributed by atoms with E-state index < -0.39 is 0 Å². The summed E-state index contributed by atoms with van der Waals surface area (Å²) in [5.41, 5.74) is 5.05. The molecule has 1 heterocycles. The van der Waals surface area contributed by atoms with Crippen LogP contribution in [-0.4, -0.2) is 12.2 Å². The van der Waals surface area contributed by atoms with Gasteiger partial charge in [-0.25, -0.2) is 0 Å². The summed E-state index contributed by atoms with van der Waals surface area (Å²) in [6.07, 6.45) is 4.96. The van der Waals surface area contributed by atoms with Crippen molar-refractivity contribution >= 4 is 5.69 Å². The first kappa shape index (κ1) is 11.3. The van der Waals surface area contributed by atoms with Crippen molar-refractivity contribution in [1.82, 2.24) is 5.16 Å². The topological polar surface area (TPSA) is 38.1 Å². The van der Waals surface area contributed by atoms with Gasteiger partial charge in [-0.15, -0.1) is 0 Å². The van der Waals surface area contributed by atoms with E-state index in [1.165, 1.54) is 11.1 Å². The molecule has 0 fully saturated rings. The third kappa shape index (κ3) is 1.70. The molecule has 0 saturated heterocycles. The Morgan fingerprint density at radius 2 is 2.06 bits per heavy atom. The average molecular weight is 242 g/mol. The second kappa shape index (κ2) is 4.16. The second-order valence-electron chi connectivity index (χ2n) is 5.33. The van der Waals surface area contributed by atoms with Gasteiger partial charge in [0.25, 0.3) is 0 Å². The lowest BCUT2D eigenvalue weighted by Crippen LogP contribution is -2.31. The van der Waals surface area contributed by atoms with Gasteiger partial charge in [-0.2, -0.15) is 0 Å². The van der Waals surface area contributed by atoms with Crippen molar-refractivity contribution < 1.29 is 4.52 Å². The maximum Gasteiger partial charge on any atom is 0.147 e. The van der Waals surface area contributed by atoms with Gasteiger partial charge in [0.05, 0.1) is 5.69 Å². The molecule has 3 rings (SSSR count). The number of fused-ring (bicyclic) bond motifs is 1. The Hall–Kier alpha value is -1.77. The summed E-state index contributed by atoms with van der Waals surface area (Å²) in [7, 11) is 1.91. The predicted molar refractivity (Wildman–Crippen MR) is 71.9 cm³/mol. The summed E-state index contributed by atoms with van der Waals surface area (Å²) in [6, 6.07) is 8.70. The molecular formula is C15H18N2O. The highest BCUT2D eigenvalue weighted by molar-refractivity contribution is 5.49. The first-order valence-corrected chi connectivity index (χ1v) is 6.42. The summed E-state index contributed by atoms with van der Waals surface area (Å²) in [4.78, 5) is 0. The molecule has 1 aromatic carbocycles. The van der Waals surface area contributed by atoms with Crippen molar-refractivity contribution in [2.45, 2.75) is 31.6 Å². The number of hydrogen-bond donors (Lipinski definition) is 1. The molecule has 2 aromatic rings. The SMILES string of the molecule is CNc1conc1C1(C)CCc2ccccc2C1. The highest BCUT2D eigenvalue weighted by Crippen LogP contribution is 2.40. The smallest absolute Gasteiger partial charge is 0.147 e. The van der Waals surface area contributed by atoms with Crippen LogP contribution in [0.2, 0.25) is 0 Å². The van der Waals surface area contributed by atoms with Gasteiger partial charge in [0.2, 0.25) is 0 Å². The minimum absolute atomic E-state index is 0.0691. The lowest BCUT2D eigenvalue weighted by molar-refractivity contribution is 0.349. The number of anilines is 1. The number of benzene rings is 1. The molecule has 1 aromatic heterocycles. The zero-order chi connectivity index (χ0) is 12.6. The van der Waals surface area contributed by atoms with Crippen molar-refractivity contribution in [3.8, 4) is 0 Å². The van der Waals surface area contributed by atoms with Crippen LogP contribution in [0.15, 0.2) is 35.1 Å². The summed E-state index contributed by atoms with van der Waals surface area (Å²) in [6.45, 7) is 2.28. The monoisotopic (exact) mass is 242 g/mol. The van der Waals surface area contributed by atoms with E-state index in [0.717, 1.165) is 30.6 Å². The van der Waals surface area contributed by atoms with E-state index in [1.54, 1.807) is 6.26 Å². The quantitative estimate of drug-likeness (QED) is 0.879. The van der Waals surface area contributed by atoms with E-state index in [0.29, 0.717) is 0 Å². The first-order valence-electron chi connectivity index (χ1n) is 6.42. The molecule has 1 N–H and O–H groups in total. The Balaban J connectivity index is 1.99. The lowest BCUT2D eigenvalue weighted by atomic mass is 9.70. The van der Waals surface area contributed by atoms with Crippen LogP contribution in [0.25, 0.3) is 0 Å². The van der Waals surface area contributed by atoms with Gasteiger partial charge in [-0.05, 0) is 30.4 Å². The average Bonchev–Trinajstić information content (AvgIpc) is 2.87. The molecule has 0 aliphatic heterocycles. The van der Waals surface area contributed by atoms with E-state index in [9.17, 15) is 0 Å². The Labute approximate surface area is 107 Å². The van der Waals surface area contributed by atoms with E-state index in [4.69, 9.17) is 4.52 Å². The van der Waals surface area contributed by atoms with Crippen LogP contribution < -0.4 is 5.32 Å². The molecule has 1 unspecified atom stereocenters. The number of aromatic nitrogens is 1. The third-order valence-corrected chi connectivity index (χ3v) is 4.06. The number of hydrogen-bond acceptors (Lipinski definition) is 3. The maximum absolute atomic E-state index is 5.13. The predicted octanol–water partition coefficient (Wildman–Crippen LogP) is 3.16. The van der Waals surface area contributed by atoms with Gasteiger partial charge in [-0.1, -0.05) is 36.3 Å². The lowest BCUT2D eigenvalue weighted by Gasteiger charge is -2.33. The molecule has 0 amide bonds. The van der Waals surface area contributed by atoms with Crippen molar-refractivity contribution in [3.05, 3.63) is 47.3 Å². The molecule has 0 radical (unpaired) electrons. The van der Waals surface area contributed by atoms with Crippen LogP contribution in [0.3, 0.4) is 0 Å². The van der Waals surface area contributed by atoms with E-state index in [-0.39, 0.29) is 5.41 Å². The molecular weight excluding hydrogens is 224 g/mol. The number of aryl methyl sites for hydroxylation is 1. The highest BCUT2D eigenvalue weighted by atomic mass is 16.5. The van der Waals surface area contributed by atoms with Crippen LogP contribution in [0.1, 0.15) is 30.2 Å². The zero-order valence-electron chi connectivity index (χ0n) is 10.9. The van der Waals surface area contributed by atoms with Crippen molar-refractivity contribution in [2.24, 2.45) is 0 Å². The van der Waals surface area contributed by atoms with E-state index in [2.05, 4.69) is 41.7 Å². The second-order valence-corrected chi connectivity index (χ2v) is 5.33. The summed E-state index contributed by atoms with van der Waals surface area (Å²) >= 11 is 0. The fourth-order valence-electron chi connectivity index (χ4n) is 2.94. The normalized spacial score (nSPS) is 22.6. The van der Waals surface area contributed by atoms with Gasteiger partial charge in [-0.3, -0.25) is 0 Å². The Morgan fingerprint density at radius 1 is 1.28 bits per heavy atom. The Bertz CT molecular complexity index is 561. The summed E-state index contributed by atoms with van der Waals surface area (Å²) < 4.78 is 5.13. The van der Waals surface area contributed by atoms with Crippen LogP contribution in [0.5, 0.6) is 0 Å². The number of rotatable bonds is 2. The van der Waals surface area contributed by atoms with Gasteiger partial charge in [0, 0.05) is 12.5 Å². The van der Waals surface area contributed by atoms with Crippen molar-refractivity contribution in [2.75, 3.05) is 12.4 Å². The number of nitrogens with one attached hydrogen (secondary N) is 1. The minimum Gasteiger partial charge on any atom is -0.384 e. The molecule has 0 bridgehead atoms. The minimum atomic E-state index is 0.0691. The summed E-state index contributed by atoms with van der Waals surface area (Å²) in [5, 5.41) is 7.38. The van der Waals surface area contributed by atoms with Crippen LogP contribution >= 0.6 is 0 Å². The highest BCUT2D eigenvalue weighted by Gasteiger charge is 2.35. The van der Waals surface area contributed by atoms with Gasteiger partial charge in [0.1, 0.15) is 12.0 Å². The molecule has 18 heavy (non-hydrogen) atoms. The molecule has 3 heteroatoms. The molecule has 1 aliphatic rings. The standard InChI is InChI=1S/C15H18N2O/c1-15(14-13(16-2)10-18-17-14)8-7-11-5-3-4-6-12(11)9-15/h3-6,10,16H,7-9H2,1-2H3. The number of nitrogens with zero attached hydrogens (tertiary/aromatic N) is 1. The maximum atomic E-state index is 5.13. The van der Waals surface area contributed by atoms with Crippen LogP contribution in [0, 0.1) is 0 Å². The molecule has 94 valence electrons. The zero-order valence-corrected chi connectivity index (χ0v) is 10.9.